The topological polar surface area (TPSA) is 18.5 Å². The Balaban J connectivity index is 1.63. The van der Waals surface area contributed by atoms with E-state index in [1.807, 2.05) is 0 Å². The average molecular weight is 238 g/mol. The third kappa shape index (κ3) is 2.26. The number of fused-ring (bicyclic) bond motifs is 3. The van der Waals surface area contributed by atoms with E-state index in [1.165, 1.54) is 32.1 Å². The minimum atomic E-state index is 0.471. The van der Waals surface area contributed by atoms with Gasteiger partial charge in [-0.15, -0.1) is 0 Å². The normalized spacial score (nSPS) is 49.8. The van der Waals surface area contributed by atoms with Crippen LogP contribution in [-0.4, -0.2) is 24.9 Å². The largest absolute Gasteiger partial charge is 0.378 e. The van der Waals surface area contributed by atoms with Gasteiger partial charge in [0.1, 0.15) is 0 Å². The predicted molar refractivity (Wildman–Crippen MR) is 67.9 cm³/mol. The molecule has 0 spiro atoms. The van der Waals surface area contributed by atoms with Crippen LogP contribution >= 0.6 is 0 Å². The summed E-state index contributed by atoms with van der Waals surface area (Å²) in [5.74, 6) is 2.60. The van der Waals surface area contributed by atoms with Crippen LogP contribution in [0.2, 0.25) is 0 Å². The van der Waals surface area contributed by atoms with Crippen molar-refractivity contribution >= 4 is 0 Å². The van der Waals surface area contributed by atoms with Crippen molar-refractivity contribution in [1.29, 1.82) is 0 Å². The van der Waals surface area contributed by atoms with Crippen molar-refractivity contribution in [2.75, 3.05) is 6.61 Å². The number of ether oxygens (including phenoxy) is 2. The van der Waals surface area contributed by atoms with Crippen molar-refractivity contribution in [3.63, 3.8) is 0 Å². The summed E-state index contributed by atoms with van der Waals surface area (Å²) in [6.07, 6.45) is 9.45. The van der Waals surface area contributed by atoms with Crippen molar-refractivity contribution in [2.24, 2.45) is 17.8 Å². The second-order valence-corrected chi connectivity index (χ2v) is 6.35. The molecule has 0 N–H and O–H groups in total. The first kappa shape index (κ1) is 12.0. The van der Waals surface area contributed by atoms with Crippen molar-refractivity contribution in [3.8, 4) is 0 Å². The Kier molecular flexibility index (Phi) is 3.45. The number of hydrogen-bond donors (Lipinski definition) is 0. The first-order valence-electron chi connectivity index (χ1n) is 7.55. The van der Waals surface area contributed by atoms with Gasteiger partial charge in [-0.3, -0.25) is 0 Å². The Morgan fingerprint density at radius 1 is 1.00 bits per heavy atom. The summed E-state index contributed by atoms with van der Waals surface area (Å²) < 4.78 is 12.1. The van der Waals surface area contributed by atoms with Gasteiger partial charge in [0.25, 0.3) is 0 Å². The summed E-state index contributed by atoms with van der Waals surface area (Å²) in [4.78, 5) is 0. The van der Waals surface area contributed by atoms with Gasteiger partial charge in [0.05, 0.1) is 18.3 Å². The van der Waals surface area contributed by atoms with Crippen LogP contribution in [0, 0.1) is 17.8 Å². The zero-order valence-corrected chi connectivity index (χ0v) is 11.2. The molecule has 2 aliphatic carbocycles. The molecule has 1 saturated heterocycles. The molecule has 0 aromatic carbocycles. The number of hydrogen-bond acceptors (Lipinski definition) is 2. The van der Waals surface area contributed by atoms with Crippen LogP contribution in [0.5, 0.6) is 0 Å². The lowest BCUT2D eigenvalue weighted by atomic mass is 9.71. The van der Waals surface area contributed by atoms with Gasteiger partial charge in [-0.05, 0) is 50.4 Å². The van der Waals surface area contributed by atoms with Gasteiger partial charge < -0.3 is 9.47 Å². The standard InChI is InChI=1S/C15H26O2/c1-3-16-11-5-7-13-12-6-4-10(2)8-14(12)17-15(13)9-11/h10-15H,3-9H2,1-2H3. The fraction of sp³-hybridized carbons (Fsp3) is 1.00. The highest BCUT2D eigenvalue weighted by Crippen LogP contribution is 2.48. The maximum atomic E-state index is 6.34. The van der Waals surface area contributed by atoms with E-state index in [9.17, 15) is 0 Å². The molecule has 6 unspecified atom stereocenters. The molecule has 2 nitrogen and oxygen atoms in total. The van der Waals surface area contributed by atoms with E-state index in [4.69, 9.17) is 9.47 Å². The van der Waals surface area contributed by atoms with Crippen molar-refractivity contribution in [1.82, 2.24) is 0 Å². The minimum absolute atomic E-state index is 0.471. The highest BCUT2D eigenvalue weighted by Gasteiger charge is 2.48. The van der Waals surface area contributed by atoms with E-state index in [0.717, 1.165) is 30.8 Å². The minimum Gasteiger partial charge on any atom is -0.378 e. The zero-order valence-electron chi connectivity index (χ0n) is 11.2. The molecule has 3 fully saturated rings. The summed E-state index contributed by atoms with van der Waals surface area (Å²) in [6.45, 7) is 5.33. The molecule has 1 aliphatic heterocycles. The molecular weight excluding hydrogens is 212 g/mol. The third-order valence-electron chi connectivity index (χ3n) is 5.20. The summed E-state index contributed by atoms with van der Waals surface area (Å²) in [6, 6.07) is 0. The maximum Gasteiger partial charge on any atom is 0.0635 e. The van der Waals surface area contributed by atoms with Crippen LogP contribution in [0.4, 0.5) is 0 Å². The van der Waals surface area contributed by atoms with Crippen molar-refractivity contribution in [2.45, 2.75) is 70.7 Å². The first-order chi connectivity index (χ1) is 8.28. The fourth-order valence-corrected chi connectivity index (χ4v) is 4.37. The van der Waals surface area contributed by atoms with Crippen LogP contribution in [-0.2, 0) is 9.47 Å². The van der Waals surface area contributed by atoms with Gasteiger partial charge in [0.2, 0.25) is 0 Å². The summed E-state index contributed by atoms with van der Waals surface area (Å²) in [5.41, 5.74) is 0. The highest BCUT2D eigenvalue weighted by molar-refractivity contribution is 4.97. The van der Waals surface area contributed by atoms with E-state index in [1.54, 1.807) is 0 Å². The van der Waals surface area contributed by atoms with Gasteiger partial charge in [-0.2, -0.15) is 0 Å². The second-order valence-electron chi connectivity index (χ2n) is 6.35. The molecule has 0 aromatic heterocycles. The van der Waals surface area contributed by atoms with E-state index < -0.39 is 0 Å². The fourth-order valence-electron chi connectivity index (χ4n) is 4.37. The van der Waals surface area contributed by atoms with E-state index in [0.29, 0.717) is 18.3 Å². The zero-order chi connectivity index (χ0) is 11.8. The molecule has 0 bridgehead atoms. The van der Waals surface area contributed by atoms with Crippen LogP contribution < -0.4 is 0 Å². The Bertz CT molecular complexity index is 266. The Morgan fingerprint density at radius 2 is 1.71 bits per heavy atom. The molecule has 3 aliphatic rings. The lowest BCUT2D eigenvalue weighted by Crippen LogP contribution is -2.34. The Hall–Kier alpha value is -0.0800. The molecule has 3 rings (SSSR count). The molecule has 6 atom stereocenters. The smallest absolute Gasteiger partial charge is 0.0635 e. The van der Waals surface area contributed by atoms with Crippen LogP contribution in [0.1, 0.15) is 52.4 Å². The average Bonchev–Trinajstić information content (AvgIpc) is 2.65. The first-order valence-corrected chi connectivity index (χ1v) is 7.55. The lowest BCUT2D eigenvalue weighted by Gasteiger charge is -2.34. The molecule has 0 radical (unpaired) electrons. The molecule has 2 saturated carbocycles. The van der Waals surface area contributed by atoms with Crippen molar-refractivity contribution in [3.05, 3.63) is 0 Å². The van der Waals surface area contributed by atoms with Gasteiger partial charge in [-0.25, -0.2) is 0 Å². The van der Waals surface area contributed by atoms with E-state index in [2.05, 4.69) is 13.8 Å². The van der Waals surface area contributed by atoms with Gasteiger partial charge in [0.15, 0.2) is 0 Å². The molecular formula is C15H26O2. The molecule has 17 heavy (non-hydrogen) atoms. The summed E-state index contributed by atoms with van der Waals surface area (Å²) >= 11 is 0. The van der Waals surface area contributed by atoms with Gasteiger partial charge >= 0.3 is 0 Å². The monoisotopic (exact) mass is 238 g/mol. The van der Waals surface area contributed by atoms with Gasteiger partial charge in [0, 0.05) is 13.0 Å². The van der Waals surface area contributed by atoms with Crippen LogP contribution in [0.15, 0.2) is 0 Å². The Morgan fingerprint density at radius 3 is 2.47 bits per heavy atom. The molecule has 1 heterocycles. The van der Waals surface area contributed by atoms with Crippen molar-refractivity contribution < 1.29 is 9.47 Å². The SMILES string of the molecule is CCOC1CCC2C(C1)OC1CC(C)CCC12. The highest BCUT2D eigenvalue weighted by atomic mass is 16.5. The Labute approximate surface area is 105 Å². The van der Waals surface area contributed by atoms with Crippen LogP contribution in [0.3, 0.4) is 0 Å². The molecule has 0 amide bonds. The predicted octanol–water partition coefficient (Wildman–Crippen LogP) is 3.40. The van der Waals surface area contributed by atoms with Crippen LogP contribution in [0.25, 0.3) is 0 Å². The maximum absolute atomic E-state index is 6.34. The molecule has 2 heteroatoms. The van der Waals surface area contributed by atoms with E-state index in [-0.39, 0.29) is 0 Å². The summed E-state index contributed by atoms with van der Waals surface area (Å²) in [5, 5.41) is 0. The lowest BCUT2D eigenvalue weighted by molar-refractivity contribution is -0.0494. The van der Waals surface area contributed by atoms with E-state index >= 15 is 0 Å². The summed E-state index contributed by atoms with van der Waals surface area (Å²) in [7, 11) is 0. The van der Waals surface area contributed by atoms with Gasteiger partial charge in [-0.1, -0.05) is 13.3 Å². The molecule has 0 aromatic rings. The second kappa shape index (κ2) is 4.89. The number of rotatable bonds is 2. The quantitative estimate of drug-likeness (QED) is 0.734. The third-order valence-corrected chi connectivity index (χ3v) is 5.20. The molecule has 98 valence electrons.